The van der Waals surface area contributed by atoms with Gasteiger partial charge in [-0.2, -0.15) is 0 Å². The third kappa shape index (κ3) is 2.49. The Labute approximate surface area is 136 Å². The Morgan fingerprint density at radius 3 is 2.64 bits per heavy atom. The van der Waals surface area contributed by atoms with Crippen molar-refractivity contribution in [3.63, 3.8) is 0 Å². The molecule has 5 heteroatoms. The van der Waals surface area contributed by atoms with Crippen LogP contribution in [0.1, 0.15) is 46.3 Å². The second-order valence-corrected chi connectivity index (χ2v) is 7.83. The SMILES string of the molecule is CCOC1CC(O)C12CCN(C(=O)c1cc(C)c(C)s1)CC2. The van der Waals surface area contributed by atoms with Crippen molar-refractivity contribution in [3.05, 3.63) is 21.4 Å². The van der Waals surface area contributed by atoms with E-state index in [0.717, 1.165) is 37.2 Å². The minimum Gasteiger partial charge on any atom is -0.392 e. The van der Waals surface area contributed by atoms with Crippen LogP contribution < -0.4 is 0 Å². The Morgan fingerprint density at radius 2 is 2.14 bits per heavy atom. The van der Waals surface area contributed by atoms with Crippen LogP contribution in [-0.2, 0) is 4.74 Å². The fraction of sp³-hybridized carbons (Fsp3) is 0.706. The molecule has 1 aromatic heterocycles. The zero-order valence-electron chi connectivity index (χ0n) is 13.6. The van der Waals surface area contributed by atoms with Crippen LogP contribution in [0.5, 0.6) is 0 Å². The highest BCUT2D eigenvalue weighted by atomic mass is 32.1. The average molecular weight is 323 g/mol. The zero-order valence-corrected chi connectivity index (χ0v) is 14.4. The number of ether oxygens (including phenoxy) is 1. The van der Waals surface area contributed by atoms with Crippen molar-refractivity contribution in [2.24, 2.45) is 5.41 Å². The van der Waals surface area contributed by atoms with E-state index in [1.165, 1.54) is 10.4 Å². The maximum absolute atomic E-state index is 12.6. The Bertz CT molecular complexity index is 539. The highest BCUT2D eigenvalue weighted by molar-refractivity contribution is 7.14. The number of carbonyl (C=O) groups is 1. The van der Waals surface area contributed by atoms with E-state index in [2.05, 4.69) is 6.92 Å². The van der Waals surface area contributed by atoms with E-state index in [-0.39, 0.29) is 23.5 Å². The monoisotopic (exact) mass is 323 g/mol. The molecule has 1 saturated carbocycles. The fourth-order valence-electron chi connectivity index (χ4n) is 3.78. The number of amides is 1. The second kappa shape index (κ2) is 5.95. The fourth-order valence-corrected chi connectivity index (χ4v) is 4.78. The molecule has 3 rings (SSSR count). The molecule has 2 fully saturated rings. The van der Waals surface area contributed by atoms with E-state index in [0.29, 0.717) is 6.61 Å². The number of thiophene rings is 1. The Kier molecular flexibility index (Phi) is 4.32. The summed E-state index contributed by atoms with van der Waals surface area (Å²) in [5.74, 6) is 0.137. The molecule has 0 radical (unpaired) electrons. The van der Waals surface area contributed by atoms with Crippen molar-refractivity contribution >= 4 is 17.2 Å². The molecule has 122 valence electrons. The first-order valence-electron chi connectivity index (χ1n) is 8.14. The van der Waals surface area contributed by atoms with Gasteiger partial charge in [-0.05, 0) is 45.2 Å². The number of aryl methyl sites for hydroxylation is 2. The summed E-state index contributed by atoms with van der Waals surface area (Å²) in [7, 11) is 0. The number of likely N-dealkylation sites (tertiary alicyclic amines) is 1. The van der Waals surface area contributed by atoms with Crippen LogP contribution in [0.2, 0.25) is 0 Å². The van der Waals surface area contributed by atoms with Crippen molar-refractivity contribution in [2.45, 2.75) is 52.2 Å². The second-order valence-electron chi connectivity index (χ2n) is 6.57. The molecule has 0 bridgehead atoms. The van der Waals surface area contributed by atoms with Gasteiger partial charge in [0.25, 0.3) is 5.91 Å². The van der Waals surface area contributed by atoms with E-state index < -0.39 is 0 Å². The standard InChI is InChI=1S/C17H25NO3S/c1-4-21-15-10-14(19)17(15)5-7-18(8-6-17)16(20)13-9-11(2)12(3)22-13/h9,14-15,19H,4-8,10H2,1-3H3. The molecular formula is C17H25NO3S. The van der Waals surface area contributed by atoms with E-state index in [1.54, 1.807) is 11.3 Å². The molecule has 1 amide bonds. The Balaban J connectivity index is 1.65. The smallest absolute Gasteiger partial charge is 0.263 e. The zero-order chi connectivity index (χ0) is 15.9. The molecule has 1 N–H and O–H groups in total. The quantitative estimate of drug-likeness (QED) is 0.930. The highest BCUT2D eigenvalue weighted by Crippen LogP contribution is 2.51. The number of carbonyl (C=O) groups excluding carboxylic acids is 1. The molecule has 1 aliphatic carbocycles. The molecule has 1 aliphatic heterocycles. The third-order valence-corrected chi connectivity index (χ3v) is 6.61. The molecule has 2 unspecified atom stereocenters. The lowest BCUT2D eigenvalue weighted by atomic mass is 9.58. The topological polar surface area (TPSA) is 49.8 Å². The van der Waals surface area contributed by atoms with Gasteiger partial charge >= 0.3 is 0 Å². The van der Waals surface area contributed by atoms with Crippen LogP contribution in [0.25, 0.3) is 0 Å². The Hall–Kier alpha value is -0.910. The van der Waals surface area contributed by atoms with Gasteiger partial charge in [0.2, 0.25) is 0 Å². The van der Waals surface area contributed by atoms with Crippen LogP contribution in [0.3, 0.4) is 0 Å². The maximum Gasteiger partial charge on any atom is 0.263 e. The molecule has 2 atom stereocenters. The summed E-state index contributed by atoms with van der Waals surface area (Å²) in [6.07, 6.45) is 2.32. The molecule has 4 nitrogen and oxygen atoms in total. The first-order chi connectivity index (χ1) is 10.5. The van der Waals surface area contributed by atoms with Crippen molar-refractivity contribution < 1.29 is 14.6 Å². The Morgan fingerprint density at radius 1 is 1.45 bits per heavy atom. The van der Waals surface area contributed by atoms with E-state index >= 15 is 0 Å². The number of rotatable bonds is 3. The summed E-state index contributed by atoms with van der Waals surface area (Å²) in [5.41, 5.74) is 1.07. The number of aliphatic hydroxyl groups is 1. The molecule has 1 spiro atoms. The maximum atomic E-state index is 12.6. The van der Waals surface area contributed by atoms with Crippen LogP contribution in [-0.4, -0.2) is 47.8 Å². The van der Waals surface area contributed by atoms with Crippen LogP contribution in [0.4, 0.5) is 0 Å². The summed E-state index contributed by atoms with van der Waals surface area (Å²) >= 11 is 1.58. The van der Waals surface area contributed by atoms with Gasteiger partial charge in [0, 0.05) is 36.4 Å². The molecule has 2 heterocycles. The number of nitrogens with zero attached hydrogens (tertiary/aromatic N) is 1. The lowest BCUT2D eigenvalue weighted by molar-refractivity contribution is -0.207. The minimum atomic E-state index is -0.271. The molecule has 22 heavy (non-hydrogen) atoms. The van der Waals surface area contributed by atoms with E-state index in [4.69, 9.17) is 4.74 Å². The molecule has 2 aliphatic rings. The summed E-state index contributed by atoms with van der Waals surface area (Å²) < 4.78 is 5.78. The van der Waals surface area contributed by atoms with E-state index in [9.17, 15) is 9.90 Å². The normalized spacial score (nSPS) is 27.0. The van der Waals surface area contributed by atoms with Crippen molar-refractivity contribution in [1.82, 2.24) is 4.90 Å². The van der Waals surface area contributed by atoms with Crippen molar-refractivity contribution in [3.8, 4) is 0 Å². The summed E-state index contributed by atoms with van der Waals surface area (Å²) in [4.78, 5) is 16.6. The lowest BCUT2D eigenvalue weighted by Crippen LogP contribution is -2.62. The first-order valence-corrected chi connectivity index (χ1v) is 8.95. The van der Waals surface area contributed by atoms with Gasteiger partial charge in [-0.15, -0.1) is 11.3 Å². The molecule has 1 saturated heterocycles. The molecular weight excluding hydrogens is 298 g/mol. The van der Waals surface area contributed by atoms with Gasteiger partial charge < -0.3 is 14.7 Å². The van der Waals surface area contributed by atoms with Gasteiger partial charge in [0.1, 0.15) is 0 Å². The van der Waals surface area contributed by atoms with Gasteiger partial charge in [0.15, 0.2) is 0 Å². The lowest BCUT2D eigenvalue weighted by Gasteiger charge is -2.56. The minimum absolute atomic E-state index is 0.117. The summed E-state index contributed by atoms with van der Waals surface area (Å²) in [6.45, 7) is 8.23. The molecule has 1 aromatic rings. The summed E-state index contributed by atoms with van der Waals surface area (Å²) in [5, 5.41) is 10.2. The number of hydrogen-bond donors (Lipinski definition) is 1. The van der Waals surface area contributed by atoms with Crippen LogP contribution in [0.15, 0.2) is 6.07 Å². The van der Waals surface area contributed by atoms with Crippen molar-refractivity contribution in [2.75, 3.05) is 19.7 Å². The largest absolute Gasteiger partial charge is 0.392 e. The number of hydrogen-bond acceptors (Lipinski definition) is 4. The number of piperidine rings is 1. The predicted octanol–water partition coefficient (Wildman–Crippen LogP) is 2.76. The van der Waals surface area contributed by atoms with Gasteiger partial charge in [-0.3, -0.25) is 4.79 Å². The van der Waals surface area contributed by atoms with Crippen LogP contribution in [0, 0.1) is 19.3 Å². The van der Waals surface area contributed by atoms with Gasteiger partial charge in [0.05, 0.1) is 17.1 Å². The van der Waals surface area contributed by atoms with E-state index in [1.807, 2.05) is 24.8 Å². The third-order valence-electron chi connectivity index (χ3n) is 5.47. The van der Waals surface area contributed by atoms with Gasteiger partial charge in [-0.1, -0.05) is 0 Å². The average Bonchev–Trinajstić information content (AvgIpc) is 2.86. The summed E-state index contributed by atoms with van der Waals surface area (Å²) in [6, 6.07) is 1.99. The number of aliphatic hydroxyl groups excluding tert-OH is 1. The van der Waals surface area contributed by atoms with Crippen LogP contribution >= 0.6 is 11.3 Å². The highest BCUT2D eigenvalue weighted by Gasteiger charge is 2.56. The van der Waals surface area contributed by atoms with Crippen molar-refractivity contribution in [1.29, 1.82) is 0 Å². The molecule has 0 aromatic carbocycles. The van der Waals surface area contributed by atoms with Gasteiger partial charge in [-0.25, -0.2) is 0 Å². The first kappa shape index (κ1) is 16.0. The predicted molar refractivity (Wildman–Crippen MR) is 87.4 cm³/mol.